The molecule has 0 aliphatic carbocycles. The van der Waals surface area contributed by atoms with E-state index in [4.69, 9.17) is 10.7 Å². The Morgan fingerprint density at radius 2 is 1.59 bits per heavy atom. The predicted octanol–water partition coefficient (Wildman–Crippen LogP) is 6.94. The van der Waals surface area contributed by atoms with Crippen LogP contribution in [0.15, 0.2) is 84.2 Å². The highest BCUT2D eigenvalue weighted by Gasteiger charge is 2.12. The second-order valence-electron chi connectivity index (χ2n) is 6.34. The highest BCUT2D eigenvalue weighted by atomic mass is 32.1. The molecule has 0 radical (unpaired) electrons. The molecule has 0 spiro atoms. The summed E-state index contributed by atoms with van der Waals surface area (Å²) >= 11 is 3.55. The molecule has 0 fully saturated rings. The van der Waals surface area contributed by atoms with Crippen LogP contribution in [0.1, 0.15) is 0 Å². The molecule has 2 aromatic carbocycles. The summed E-state index contributed by atoms with van der Waals surface area (Å²) in [6.45, 7) is 0. The smallest absolute Gasteiger partial charge is 0.0815 e. The zero-order chi connectivity index (χ0) is 18.2. The molecule has 0 unspecified atom stereocenters. The van der Waals surface area contributed by atoms with Gasteiger partial charge in [0.2, 0.25) is 0 Å². The molecule has 4 heteroatoms. The lowest BCUT2D eigenvalue weighted by molar-refractivity contribution is 1.42. The van der Waals surface area contributed by atoms with E-state index in [0.717, 1.165) is 27.8 Å². The molecule has 2 N–H and O–H groups in total. The second-order valence-corrected chi connectivity index (χ2v) is 8.37. The average Bonchev–Trinajstić information content (AvgIpc) is 3.39. The fraction of sp³-hybridized carbons (Fsp3) is 0. The van der Waals surface area contributed by atoms with Crippen molar-refractivity contribution in [2.75, 3.05) is 5.73 Å². The number of hydrogen-bond donors (Lipinski definition) is 1. The number of hydrogen-bond acceptors (Lipinski definition) is 4. The molecule has 5 aromatic rings. The van der Waals surface area contributed by atoms with Crippen molar-refractivity contribution in [3.05, 3.63) is 84.2 Å². The zero-order valence-electron chi connectivity index (χ0n) is 14.4. The molecule has 0 aliphatic heterocycles. The molecule has 27 heavy (non-hydrogen) atoms. The maximum absolute atomic E-state index is 6.05. The van der Waals surface area contributed by atoms with Gasteiger partial charge >= 0.3 is 0 Å². The Morgan fingerprint density at radius 1 is 0.741 bits per heavy atom. The van der Waals surface area contributed by atoms with Crippen LogP contribution in [-0.2, 0) is 0 Å². The van der Waals surface area contributed by atoms with E-state index in [0.29, 0.717) is 0 Å². The van der Waals surface area contributed by atoms with E-state index < -0.39 is 0 Å². The van der Waals surface area contributed by atoms with Gasteiger partial charge in [-0.15, -0.1) is 22.7 Å². The molecule has 2 nitrogen and oxygen atoms in total. The Bertz CT molecular complexity index is 1220. The van der Waals surface area contributed by atoms with Gasteiger partial charge in [0.1, 0.15) is 0 Å². The summed E-state index contributed by atoms with van der Waals surface area (Å²) in [7, 11) is 0. The van der Waals surface area contributed by atoms with Gasteiger partial charge in [0.25, 0.3) is 0 Å². The minimum Gasteiger partial charge on any atom is -0.399 e. The SMILES string of the molecule is Nc1ccc2nc(-c3ccc(-c4cccs4)s3)cc(-c3ccccc3)c2c1. The van der Waals surface area contributed by atoms with Crippen LogP contribution in [0.25, 0.3) is 42.4 Å². The van der Waals surface area contributed by atoms with Gasteiger partial charge in [0.05, 0.1) is 16.1 Å². The molecular weight excluding hydrogens is 368 g/mol. The van der Waals surface area contributed by atoms with Crippen molar-refractivity contribution in [3.8, 4) is 31.5 Å². The number of aromatic nitrogens is 1. The first kappa shape index (κ1) is 16.2. The van der Waals surface area contributed by atoms with Crippen molar-refractivity contribution in [2.45, 2.75) is 0 Å². The molecule has 0 aliphatic rings. The number of fused-ring (bicyclic) bond motifs is 1. The van der Waals surface area contributed by atoms with E-state index in [1.165, 1.54) is 20.2 Å². The number of rotatable bonds is 3. The lowest BCUT2D eigenvalue weighted by Crippen LogP contribution is -1.91. The Hall–Kier alpha value is -2.95. The molecule has 0 amide bonds. The van der Waals surface area contributed by atoms with Crippen molar-refractivity contribution in [1.29, 1.82) is 0 Å². The second kappa shape index (κ2) is 6.65. The zero-order valence-corrected chi connectivity index (χ0v) is 16.1. The van der Waals surface area contributed by atoms with E-state index in [1.54, 1.807) is 22.7 Å². The Morgan fingerprint density at radius 3 is 2.41 bits per heavy atom. The molecule has 130 valence electrons. The standard InChI is InChI=1S/C23H16N2S2/c24-16-8-9-19-18(13-16)17(15-5-2-1-3-6-15)14-20(25-19)21-10-11-23(27-21)22-7-4-12-26-22/h1-14H,24H2. The first-order valence-corrected chi connectivity index (χ1v) is 10.4. The van der Waals surface area contributed by atoms with Crippen molar-refractivity contribution < 1.29 is 0 Å². The number of nitrogens with two attached hydrogens (primary N) is 1. The largest absolute Gasteiger partial charge is 0.399 e. The van der Waals surface area contributed by atoms with Crippen LogP contribution in [0.3, 0.4) is 0 Å². The van der Waals surface area contributed by atoms with Gasteiger partial charge in [0.15, 0.2) is 0 Å². The third-order valence-corrected chi connectivity index (χ3v) is 6.71. The minimum absolute atomic E-state index is 0.755. The fourth-order valence-corrected chi connectivity index (χ4v) is 5.05. The molecular formula is C23H16N2S2. The summed E-state index contributed by atoms with van der Waals surface area (Å²) in [4.78, 5) is 8.67. The Balaban J connectivity index is 1.71. The summed E-state index contributed by atoms with van der Waals surface area (Å²) in [6.07, 6.45) is 0. The average molecular weight is 385 g/mol. The molecule has 0 saturated carbocycles. The minimum atomic E-state index is 0.755. The highest BCUT2D eigenvalue weighted by Crippen LogP contribution is 2.38. The van der Waals surface area contributed by atoms with Gasteiger partial charge in [-0.3, -0.25) is 0 Å². The summed E-state index contributed by atoms with van der Waals surface area (Å²) in [5, 5.41) is 3.20. The summed E-state index contributed by atoms with van der Waals surface area (Å²) in [5.41, 5.74) is 11.1. The first-order chi connectivity index (χ1) is 13.3. The number of benzene rings is 2. The van der Waals surface area contributed by atoms with Gasteiger partial charge in [-0.25, -0.2) is 4.98 Å². The van der Waals surface area contributed by atoms with Crippen LogP contribution >= 0.6 is 22.7 Å². The topological polar surface area (TPSA) is 38.9 Å². The van der Waals surface area contributed by atoms with Crippen molar-refractivity contribution in [2.24, 2.45) is 0 Å². The van der Waals surface area contributed by atoms with E-state index in [1.807, 2.05) is 24.3 Å². The molecule has 0 bridgehead atoms. The van der Waals surface area contributed by atoms with Crippen LogP contribution < -0.4 is 5.73 Å². The highest BCUT2D eigenvalue weighted by molar-refractivity contribution is 7.23. The summed E-state index contributed by atoms with van der Waals surface area (Å²) in [5.74, 6) is 0. The van der Waals surface area contributed by atoms with E-state index >= 15 is 0 Å². The Kier molecular flexibility index (Phi) is 4.00. The number of nitrogen functional groups attached to an aromatic ring is 1. The van der Waals surface area contributed by atoms with Crippen molar-refractivity contribution >= 4 is 39.3 Å². The number of pyridine rings is 1. The molecule has 0 saturated heterocycles. The maximum Gasteiger partial charge on any atom is 0.0815 e. The monoisotopic (exact) mass is 384 g/mol. The lowest BCUT2D eigenvalue weighted by atomic mass is 9.99. The van der Waals surface area contributed by atoms with Crippen molar-refractivity contribution in [1.82, 2.24) is 4.98 Å². The van der Waals surface area contributed by atoms with Crippen LogP contribution in [0.5, 0.6) is 0 Å². The number of anilines is 1. The van der Waals surface area contributed by atoms with Gasteiger partial charge in [-0.2, -0.15) is 0 Å². The fourth-order valence-electron chi connectivity index (χ4n) is 3.25. The predicted molar refractivity (Wildman–Crippen MR) is 118 cm³/mol. The molecule has 3 heterocycles. The van der Waals surface area contributed by atoms with Gasteiger partial charge in [-0.05, 0) is 59.0 Å². The molecule has 5 rings (SSSR count). The van der Waals surface area contributed by atoms with E-state index in [9.17, 15) is 0 Å². The summed E-state index contributed by atoms with van der Waals surface area (Å²) < 4.78 is 0. The first-order valence-electron chi connectivity index (χ1n) is 8.68. The van der Waals surface area contributed by atoms with E-state index in [-0.39, 0.29) is 0 Å². The number of nitrogens with zero attached hydrogens (tertiary/aromatic N) is 1. The van der Waals surface area contributed by atoms with Crippen LogP contribution in [0.4, 0.5) is 5.69 Å². The summed E-state index contributed by atoms with van der Waals surface area (Å²) in [6, 6.07) is 27.1. The third kappa shape index (κ3) is 3.03. The lowest BCUT2D eigenvalue weighted by Gasteiger charge is -2.10. The Labute approximate surface area is 165 Å². The normalized spacial score (nSPS) is 11.1. The third-order valence-electron chi connectivity index (χ3n) is 4.54. The van der Waals surface area contributed by atoms with Gasteiger partial charge in [-0.1, -0.05) is 36.4 Å². The number of thiophene rings is 2. The van der Waals surface area contributed by atoms with Crippen LogP contribution in [0.2, 0.25) is 0 Å². The van der Waals surface area contributed by atoms with Gasteiger partial charge in [0, 0.05) is 20.8 Å². The van der Waals surface area contributed by atoms with Crippen LogP contribution in [0, 0.1) is 0 Å². The van der Waals surface area contributed by atoms with E-state index in [2.05, 4.69) is 60.0 Å². The maximum atomic E-state index is 6.05. The van der Waals surface area contributed by atoms with Crippen LogP contribution in [-0.4, -0.2) is 4.98 Å². The molecule has 0 atom stereocenters. The van der Waals surface area contributed by atoms with Gasteiger partial charge < -0.3 is 5.73 Å². The molecule has 3 aromatic heterocycles. The quantitative estimate of drug-likeness (QED) is 0.342. The van der Waals surface area contributed by atoms with Crippen molar-refractivity contribution in [3.63, 3.8) is 0 Å².